The van der Waals surface area contributed by atoms with Gasteiger partial charge in [-0.15, -0.1) is 0 Å². The van der Waals surface area contributed by atoms with Crippen LogP contribution in [0, 0.1) is 11.8 Å². The first-order chi connectivity index (χ1) is 7.22. The van der Waals surface area contributed by atoms with E-state index < -0.39 is 0 Å². The van der Waals surface area contributed by atoms with Crippen molar-refractivity contribution in [2.75, 3.05) is 0 Å². The maximum absolute atomic E-state index is 2.38. The average molecular weight is 204 g/mol. The highest BCUT2D eigenvalue weighted by Crippen LogP contribution is 2.19. The van der Waals surface area contributed by atoms with Gasteiger partial charge in [0, 0.05) is 0 Å². The molecule has 0 aliphatic heterocycles. The van der Waals surface area contributed by atoms with E-state index in [0.29, 0.717) is 0 Å². The molecule has 1 aromatic carbocycles. The van der Waals surface area contributed by atoms with Crippen LogP contribution in [0.1, 0.15) is 45.6 Å². The predicted octanol–water partition coefficient (Wildman–Crippen LogP) is 4.69. The molecule has 0 aliphatic rings. The molecule has 0 bridgehead atoms. The molecule has 2 unspecified atom stereocenters. The molecule has 84 valence electrons. The minimum Gasteiger partial charge on any atom is -0.0654 e. The second-order valence-corrected chi connectivity index (χ2v) is 4.92. The summed E-state index contributed by atoms with van der Waals surface area (Å²) >= 11 is 0. The lowest BCUT2D eigenvalue weighted by Crippen LogP contribution is -2.06. The number of benzene rings is 1. The Morgan fingerprint density at radius 2 is 1.67 bits per heavy atom. The topological polar surface area (TPSA) is 0 Å². The molecule has 0 saturated carbocycles. The fourth-order valence-corrected chi connectivity index (χ4v) is 2.40. The van der Waals surface area contributed by atoms with Crippen LogP contribution in [0.2, 0.25) is 0 Å². The Morgan fingerprint density at radius 1 is 1.00 bits per heavy atom. The van der Waals surface area contributed by atoms with Crippen molar-refractivity contribution in [2.45, 2.75) is 46.5 Å². The molecule has 15 heavy (non-hydrogen) atoms. The Hall–Kier alpha value is -0.780. The number of hydrogen-bond acceptors (Lipinski definition) is 0. The summed E-state index contributed by atoms with van der Waals surface area (Å²) in [7, 11) is 0. The third-order valence-electron chi connectivity index (χ3n) is 3.01. The second kappa shape index (κ2) is 6.66. The van der Waals surface area contributed by atoms with E-state index in [0.717, 1.165) is 11.8 Å². The Bertz CT molecular complexity index is 250. The first-order valence-electron chi connectivity index (χ1n) is 6.26. The maximum atomic E-state index is 2.38. The summed E-state index contributed by atoms with van der Waals surface area (Å²) in [6.07, 6.45) is 5.29. The molecule has 0 amide bonds. The van der Waals surface area contributed by atoms with Gasteiger partial charge in [-0.1, -0.05) is 63.9 Å². The lowest BCUT2D eigenvalue weighted by atomic mass is 9.89. The quantitative estimate of drug-likeness (QED) is 0.630. The molecule has 0 saturated heterocycles. The molecule has 0 N–H and O–H groups in total. The highest BCUT2D eigenvalue weighted by atomic mass is 14.1. The molecule has 1 rings (SSSR count). The standard InChI is InChI=1S/C15H24/c1-4-8-13(2)11-14(3)12-15-9-6-5-7-10-15/h5-7,9-10,13-14H,4,8,11-12H2,1-3H3. The van der Waals surface area contributed by atoms with E-state index in [4.69, 9.17) is 0 Å². The van der Waals surface area contributed by atoms with Crippen molar-refractivity contribution in [3.63, 3.8) is 0 Å². The van der Waals surface area contributed by atoms with Gasteiger partial charge in [0.05, 0.1) is 0 Å². The van der Waals surface area contributed by atoms with Crippen LogP contribution in [0.5, 0.6) is 0 Å². The first kappa shape index (κ1) is 12.3. The third kappa shape index (κ3) is 5.01. The van der Waals surface area contributed by atoms with Gasteiger partial charge in [0.15, 0.2) is 0 Å². The summed E-state index contributed by atoms with van der Waals surface area (Å²) in [6, 6.07) is 10.8. The predicted molar refractivity (Wildman–Crippen MR) is 68.0 cm³/mol. The Balaban J connectivity index is 2.33. The van der Waals surface area contributed by atoms with Crippen LogP contribution in [0.4, 0.5) is 0 Å². The van der Waals surface area contributed by atoms with Crippen molar-refractivity contribution in [3.05, 3.63) is 35.9 Å². The van der Waals surface area contributed by atoms with E-state index in [2.05, 4.69) is 51.1 Å². The average Bonchev–Trinajstić information content (AvgIpc) is 2.19. The zero-order valence-electron chi connectivity index (χ0n) is 10.4. The fourth-order valence-electron chi connectivity index (χ4n) is 2.40. The van der Waals surface area contributed by atoms with Crippen molar-refractivity contribution < 1.29 is 0 Å². The van der Waals surface area contributed by atoms with Crippen LogP contribution in [0.3, 0.4) is 0 Å². The van der Waals surface area contributed by atoms with Crippen LogP contribution in [0.25, 0.3) is 0 Å². The van der Waals surface area contributed by atoms with Crippen LogP contribution >= 0.6 is 0 Å². The van der Waals surface area contributed by atoms with Crippen LogP contribution in [-0.4, -0.2) is 0 Å². The molecule has 2 atom stereocenters. The largest absolute Gasteiger partial charge is 0.0654 e. The molecule has 0 radical (unpaired) electrons. The Morgan fingerprint density at radius 3 is 2.27 bits per heavy atom. The number of rotatable bonds is 6. The molecule has 0 spiro atoms. The molecular formula is C15H24. The van der Waals surface area contributed by atoms with Crippen molar-refractivity contribution in [2.24, 2.45) is 11.8 Å². The lowest BCUT2D eigenvalue weighted by Gasteiger charge is -2.16. The SMILES string of the molecule is CCCC(C)CC(C)Cc1ccccc1. The van der Waals surface area contributed by atoms with Crippen molar-refractivity contribution >= 4 is 0 Å². The van der Waals surface area contributed by atoms with Crippen molar-refractivity contribution in [1.82, 2.24) is 0 Å². The zero-order valence-corrected chi connectivity index (χ0v) is 10.4. The lowest BCUT2D eigenvalue weighted by molar-refractivity contribution is 0.390. The highest BCUT2D eigenvalue weighted by molar-refractivity contribution is 5.15. The van der Waals surface area contributed by atoms with E-state index in [-0.39, 0.29) is 0 Å². The van der Waals surface area contributed by atoms with Crippen LogP contribution < -0.4 is 0 Å². The molecule has 0 aliphatic carbocycles. The van der Waals surface area contributed by atoms with E-state index in [1.165, 1.54) is 31.2 Å². The van der Waals surface area contributed by atoms with Crippen LogP contribution in [0.15, 0.2) is 30.3 Å². The van der Waals surface area contributed by atoms with E-state index in [9.17, 15) is 0 Å². The first-order valence-corrected chi connectivity index (χ1v) is 6.26. The molecule has 1 aromatic rings. The maximum Gasteiger partial charge on any atom is -0.0253 e. The molecule has 0 aromatic heterocycles. The normalized spacial score (nSPS) is 14.9. The van der Waals surface area contributed by atoms with Gasteiger partial charge >= 0.3 is 0 Å². The smallest absolute Gasteiger partial charge is 0.0253 e. The molecule has 0 heterocycles. The van der Waals surface area contributed by atoms with Crippen LogP contribution in [-0.2, 0) is 6.42 Å². The Kier molecular flexibility index (Phi) is 5.45. The second-order valence-electron chi connectivity index (χ2n) is 4.92. The summed E-state index contributed by atoms with van der Waals surface area (Å²) in [4.78, 5) is 0. The minimum atomic E-state index is 0.814. The summed E-state index contributed by atoms with van der Waals surface area (Å²) in [5, 5.41) is 0. The summed E-state index contributed by atoms with van der Waals surface area (Å²) < 4.78 is 0. The molecule has 0 fully saturated rings. The fraction of sp³-hybridized carbons (Fsp3) is 0.600. The Labute approximate surface area is 94.7 Å². The zero-order chi connectivity index (χ0) is 11.1. The van der Waals surface area contributed by atoms with Gasteiger partial charge in [-0.05, 0) is 30.2 Å². The third-order valence-corrected chi connectivity index (χ3v) is 3.01. The molecule has 0 heteroatoms. The van der Waals surface area contributed by atoms with E-state index in [1.807, 2.05) is 0 Å². The minimum absolute atomic E-state index is 0.814. The van der Waals surface area contributed by atoms with Gasteiger partial charge in [-0.3, -0.25) is 0 Å². The summed E-state index contributed by atoms with van der Waals surface area (Å²) in [5.74, 6) is 1.70. The summed E-state index contributed by atoms with van der Waals surface area (Å²) in [6.45, 7) is 7.03. The molecular weight excluding hydrogens is 180 g/mol. The number of hydrogen-bond donors (Lipinski definition) is 0. The van der Waals surface area contributed by atoms with Gasteiger partial charge in [0.25, 0.3) is 0 Å². The monoisotopic (exact) mass is 204 g/mol. The van der Waals surface area contributed by atoms with Gasteiger partial charge in [-0.2, -0.15) is 0 Å². The molecule has 0 nitrogen and oxygen atoms in total. The van der Waals surface area contributed by atoms with Gasteiger partial charge in [0.1, 0.15) is 0 Å². The summed E-state index contributed by atoms with van der Waals surface area (Å²) in [5.41, 5.74) is 1.48. The highest BCUT2D eigenvalue weighted by Gasteiger charge is 2.08. The van der Waals surface area contributed by atoms with Crippen molar-refractivity contribution in [1.29, 1.82) is 0 Å². The van der Waals surface area contributed by atoms with Gasteiger partial charge in [-0.25, -0.2) is 0 Å². The van der Waals surface area contributed by atoms with Gasteiger partial charge in [0.2, 0.25) is 0 Å². The van der Waals surface area contributed by atoms with Gasteiger partial charge < -0.3 is 0 Å². The van der Waals surface area contributed by atoms with E-state index >= 15 is 0 Å². The van der Waals surface area contributed by atoms with Crippen molar-refractivity contribution in [3.8, 4) is 0 Å². The van der Waals surface area contributed by atoms with E-state index in [1.54, 1.807) is 0 Å².